The van der Waals surface area contributed by atoms with Crippen molar-refractivity contribution in [2.75, 3.05) is 7.11 Å². The lowest BCUT2D eigenvalue weighted by atomic mass is 10.0. The minimum absolute atomic E-state index is 0.243. The van der Waals surface area contributed by atoms with Crippen LogP contribution in [0.2, 0.25) is 0 Å². The summed E-state index contributed by atoms with van der Waals surface area (Å²) in [5, 5.41) is 11.2. The van der Waals surface area contributed by atoms with E-state index in [-0.39, 0.29) is 5.75 Å². The molecule has 4 nitrogen and oxygen atoms in total. The smallest absolute Gasteiger partial charge is 0.212 e. The Balaban J connectivity index is 1.96. The fourth-order valence-electron chi connectivity index (χ4n) is 2.52. The summed E-state index contributed by atoms with van der Waals surface area (Å²) in [4.78, 5) is 8.73. The van der Waals surface area contributed by atoms with Gasteiger partial charge in [-0.2, -0.15) is 0 Å². The van der Waals surface area contributed by atoms with E-state index in [4.69, 9.17) is 4.74 Å². The van der Waals surface area contributed by atoms with Gasteiger partial charge in [-0.05, 0) is 48.7 Å². The third-order valence-electron chi connectivity index (χ3n) is 3.79. The van der Waals surface area contributed by atoms with E-state index in [1.807, 2.05) is 56.3 Å². The van der Waals surface area contributed by atoms with Crippen LogP contribution in [-0.4, -0.2) is 22.2 Å². The summed E-state index contributed by atoms with van der Waals surface area (Å²) in [5.41, 5.74) is 4.32. The molecule has 3 rings (SSSR count). The predicted octanol–water partition coefficient (Wildman–Crippen LogP) is 4.13. The summed E-state index contributed by atoms with van der Waals surface area (Å²) in [6.45, 7) is 3.91. The fraction of sp³-hybridized carbons (Fsp3) is 0.158. The maximum absolute atomic E-state index is 10.2. The first kappa shape index (κ1) is 15.0. The maximum Gasteiger partial charge on any atom is 0.212 e. The second-order valence-corrected chi connectivity index (χ2v) is 5.46. The number of aromatic hydroxyl groups is 1. The first-order valence-corrected chi connectivity index (χ1v) is 7.36. The molecule has 1 aromatic carbocycles. The first-order valence-electron chi connectivity index (χ1n) is 7.36. The van der Waals surface area contributed by atoms with E-state index in [0.717, 1.165) is 27.8 Å². The summed E-state index contributed by atoms with van der Waals surface area (Å²) in [7, 11) is 1.59. The van der Waals surface area contributed by atoms with Crippen molar-refractivity contribution in [1.82, 2.24) is 9.97 Å². The number of methoxy groups -OCH3 is 1. The van der Waals surface area contributed by atoms with Crippen LogP contribution in [0.3, 0.4) is 0 Å². The first-order chi connectivity index (χ1) is 11.1. The van der Waals surface area contributed by atoms with Crippen LogP contribution < -0.4 is 4.74 Å². The normalized spacial score (nSPS) is 11.3. The van der Waals surface area contributed by atoms with Crippen LogP contribution in [0.1, 0.15) is 22.4 Å². The zero-order chi connectivity index (χ0) is 16.4. The van der Waals surface area contributed by atoms with Gasteiger partial charge >= 0.3 is 0 Å². The standard InChI is InChI=1S/C19H18N2O2/c1-12-10-13(2)19(22)18-16(12)8-7-15(21-18)6-4-14-5-9-17(23-3)20-11-14/h4-11,22H,1-3H3. The highest BCUT2D eigenvalue weighted by atomic mass is 16.5. The lowest BCUT2D eigenvalue weighted by molar-refractivity contribution is 0.398. The molecule has 23 heavy (non-hydrogen) atoms. The third-order valence-corrected chi connectivity index (χ3v) is 3.79. The molecule has 0 atom stereocenters. The second-order valence-electron chi connectivity index (χ2n) is 5.46. The van der Waals surface area contributed by atoms with Crippen molar-refractivity contribution in [1.29, 1.82) is 0 Å². The zero-order valence-corrected chi connectivity index (χ0v) is 13.4. The van der Waals surface area contributed by atoms with Crippen molar-refractivity contribution in [3.05, 3.63) is 58.9 Å². The van der Waals surface area contributed by atoms with Crippen LogP contribution in [0, 0.1) is 13.8 Å². The number of aromatic nitrogens is 2. The molecule has 3 aromatic rings. The van der Waals surface area contributed by atoms with Gasteiger partial charge in [-0.15, -0.1) is 0 Å². The Morgan fingerprint density at radius 2 is 1.87 bits per heavy atom. The topological polar surface area (TPSA) is 55.2 Å². The third kappa shape index (κ3) is 3.01. The fourth-order valence-corrected chi connectivity index (χ4v) is 2.52. The number of ether oxygens (including phenoxy) is 1. The predicted molar refractivity (Wildman–Crippen MR) is 92.6 cm³/mol. The largest absolute Gasteiger partial charge is 0.505 e. The lowest BCUT2D eigenvalue weighted by Crippen LogP contribution is -1.89. The van der Waals surface area contributed by atoms with Crippen molar-refractivity contribution in [3.63, 3.8) is 0 Å². The van der Waals surface area contributed by atoms with Crippen LogP contribution >= 0.6 is 0 Å². The Hall–Kier alpha value is -2.88. The van der Waals surface area contributed by atoms with Gasteiger partial charge in [0.05, 0.1) is 12.8 Å². The number of phenols is 1. The molecule has 2 heterocycles. The molecular weight excluding hydrogens is 288 g/mol. The molecular formula is C19H18N2O2. The number of phenolic OH excluding ortho intramolecular Hbond substituents is 1. The van der Waals surface area contributed by atoms with Gasteiger partial charge in [0.15, 0.2) is 0 Å². The Morgan fingerprint density at radius 3 is 2.57 bits per heavy atom. The molecule has 0 amide bonds. The van der Waals surface area contributed by atoms with Gasteiger partial charge in [0.25, 0.3) is 0 Å². The molecule has 0 spiro atoms. The molecule has 2 aromatic heterocycles. The molecule has 4 heteroatoms. The highest BCUT2D eigenvalue weighted by Gasteiger charge is 2.08. The van der Waals surface area contributed by atoms with E-state index in [1.165, 1.54) is 0 Å². The van der Waals surface area contributed by atoms with Gasteiger partial charge in [0.1, 0.15) is 11.3 Å². The monoisotopic (exact) mass is 306 g/mol. The molecule has 0 aliphatic heterocycles. The van der Waals surface area contributed by atoms with Gasteiger partial charge in [-0.3, -0.25) is 0 Å². The van der Waals surface area contributed by atoms with Crippen molar-refractivity contribution < 1.29 is 9.84 Å². The quantitative estimate of drug-likeness (QED) is 0.790. The van der Waals surface area contributed by atoms with Crippen molar-refractivity contribution in [3.8, 4) is 11.6 Å². The van der Waals surface area contributed by atoms with E-state index in [2.05, 4.69) is 9.97 Å². The van der Waals surface area contributed by atoms with Crippen molar-refractivity contribution in [2.45, 2.75) is 13.8 Å². The molecule has 0 radical (unpaired) electrons. The summed E-state index contributed by atoms with van der Waals surface area (Å²) >= 11 is 0. The summed E-state index contributed by atoms with van der Waals surface area (Å²) in [6, 6.07) is 9.64. The highest BCUT2D eigenvalue weighted by molar-refractivity contribution is 5.89. The SMILES string of the molecule is COc1ccc(C=Cc2ccc3c(C)cc(C)c(O)c3n2)cn1. The summed E-state index contributed by atoms with van der Waals surface area (Å²) in [5.74, 6) is 0.828. The Morgan fingerprint density at radius 1 is 1.04 bits per heavy atom. The molecule has 0 bridgehead atoms. The van der Waals surface area contributed by atoms with Crippen LogP contribution in [0.25, 0.3) is 23.1 Å². The number of nitrogens with zero attached hydrogens (tertiary/aromatic N) is 2. The van der Waals surface area contributed by atoms with E-state index in [1.54, 1.807) is 13.3 Å². The number of hydrogen-bond donors (Lipinski definition) is 1. The van der Waals surface area contributed by atoms with Crippen molar-refractivity contribution in [2.24, 2.45) is 0 Å². The average molecular weight is 306 g/mol. The van der Waals surface area contributed by atoms with Crippen LogP contribution in [-0.2, 0) is 0 Å². The van der Waals surface area contributed by atoms with Gasteiger partial charge < -0.3 is 9.84 Å². The average Bonchev–Trinajstić information content (AvgIpc) is 2.58. The molecule has 0 fully saturated rings. The second kappa shape index (κ2) is 6.08. The number of hydrogen-bond acceptors (Lipinski definition) is 4. The maximum atomic E-state index is 10.2. The Labute approximate surface area is 135 Å². The summed E-state index contributed by atoms with van der Waals surface area (Å²) in [6.07, 6.45) is 5.57. The van der Waals surface area contributed by atoms with Crippen LogP contribution in [0.5, 0.6) is 11.6 Å². The summed E-state index contributed by atoms with van der Waals surface area (Å²) < 4.78 is 5.04. The molecule has 0 saturated carbocycles. The number of pyridine rings is 2. The zero-order valence-electron chi connectivity index (χ0n) is 13.4. The van der Waals surface area contributed by atoms with Crippen LogP contribution in [0.15, 0.2) is 36.5 Å². The number of rotatable bonds is 3. The molecule has 116 valence electrons. The Kier molecular flexibility index (Phi) is 3.98. The highest BCUT2D eigenvalue weighted by Crippen LogP contribution is 2.29. The number of benzene rings is 1. The molecule has 0 saturated heterocycles. The number of fused-ring (bicyclic) bond motifs is 1. The van der Waals surface area contributed by atoms with E-state index < -0.39 is 0 Å². The van der Waals surface area contributed by atoms with Crippen molar-refractivity contribution >= 4 is 23.1 Å². The van der Waals surface area contributed by atoms with Gasteiger partial charge in [0, 0.05) is 17.6 Å². The van der Waals surface area contributed by atoms with Gasteiger partial charge in [-0.25, -0.2) is 9.97 Å². The number of aryl methyl sites for hydroxylation is 2. The molecule has 1 N–H and O–H groups in total. The minimum Gasteiger partial charge on any atom is -0.505 e. The lowest BCUT2D eigenvalue weighted by Gasteiger charge is -2.07. The molecule has 0 unspecified atom stereocenters. The van der Waals surface area contributed by atoms with E-state index in [9.17, 15) is 5.11 Å². The van der Waals surface area contributed by atoms with Gasteiger partial charge in [-0.1, -0.05) is 18.2 Å². The van der Waals surface area contributed by atoms with Gasteiger partial charge in [0.2, 0.25) is 5.88 Å². The molecule has 0 aliphatic rings. The minimum atomic E-state index is 0.243. The molecule has 0 aliphatic carbocycles. The van der Waals surface area contributed by atoms with E-state index in [0.29, 0.717) is 11.4 Å². The Bertz CT molecular complexity index is 884. The van der Waals surface area contributed by atoms with E-state index >= 15 is 0 Å². The van der Waals surface area contributed by atoms with Crippen LogP contribution in [0.4, 0.5) is 0 Å².